The van der Waals surface area contributed by atoms with Crippen LogP contribution in [0.2, 0.25) is 0 Å². The standard InChI is InChI=1S/3C22H28.C17H19N.C17H20O.C15H18O.C13H15Br.C7H12O.C4H8.CH4/c3*1-7-16(2)9-8-10-17(3)19-11-12-21-20(15-19)18(4)13-14-22(21,5)6;2*1-12(8-10-18)14-5-6-16-15(11-14)13(2)7-9-17(16,3)4;1-10-7-8-15(3,4)14-6-5-12(11(2)16)9-13(10)14;1-9-6-7-13(2,3)12-5-4-10(14)8-11(9)12;1-4-6(2)5-7(3)8;1-4(2)3;/h3*7-13,15H,14H2,1-6H3;5-8,11H,9H2,1-4H3;5-8,10-11H,9H2,1-4H3;5-7,9H,8H2,1-4H3;4-6,8H,7H2,1-3H3;5H,4H2,1-3H3;1H2,2-3H3;1H4/b3*9-8+,16-7+,17-10+;2*12-8+;;;6-5+;;. The van der Waals surface area contributed by atoms with Crippen LogP contribution in [0.15, 0.2) is 300 Å². The molecule has 7 aliphatic carbocycles. The molecule has 0 radical (unpaired) electrons. The maximum Gasteiger partial charge on any atom is 0.159 e. The summed E-state index contributed by atoms with van der Waals surface area (Å²) in [6.45, 7) is 85.3. The third-order valence-corrected chi connectivity index (χ3v) is 29.9. The van der Waals surface area contributed by atoms with Crippen LogP contribution < -0.4 is 0 Å². The van der Waals surface area contributed by atoms with Crippen molar-refractivity contribution >= 4 is 101 Å². The fourth-order valence-corrected chi connectivity index (χ4v) is 18.8. The average molecular weight is 2000 g/mol. The molecule has 770 valence electrons. The van der Waals surface area contributed by atoms with E-state index in [0.29, 0.717) is 0 Å². The molecule has 7 aromatic carbocycles. The number of nitriles is 1. The third-order valence-electron chi connectivity index (χ3n) is 29.4. The van der Waals surface area contributed by atoms with Crippen molar-refractivity contribution in [1.82, 2.24) is 0 Å². The number of Topliss-reactive ketones (excluding diaryl/α,β-unsaturated/α-hetero) is 1. The first-order chi connectivity index (χ1) is 67.3. The van der Waals surface area contributed by atoms with E-state index in [1.807, 2.05) is 53.7 Å². The molecule has 0 saturated carbocycles. The second kappa shape index (κ2) is 55.2. The van der Waals surface area contributed by atoms with Gasteiger partial charge in [0.25, 0.3) is 0 Å². The van der Waals surface area contributed by atoms with E-state index in [1.54, 1.807) is 32.1 Å². The van der Waals surface area contributed by atoms with Crippen molar-refractivity contribution in [2.45, 2.75) is 360 Å². The highest BCUT2D eigenvalue weighted by atomic mass is 79.9. The molecular weight excluding hydrogens is 1820 g/mol. The minimum Gasteiger partial charge on any atom is -0.299 e. The molecule has 0 spiro atoms. The van der Waals surface area contributed by atoms with Crippen LogP contribution in [-0.2, 0) is 47.5 Å². The Morgan fingerprint density at radius 2 is 0.545 bits per heavy atom. The lowest BCUT2D eigenvalue weighted by Gasteiger charge is -2.31. The fraction of sp³-hybridized carbons (Fsp3) is 0.386. The lowest BCUT2D eigenvalue weighted by Crippen LogP contribution is -2.21. The van der Waals surface area contributed by atoms with Crippen molar-refractivity contribution in [2.75, 3.05) is 0 Å². The van der Waals surface area contributed by atoms with Crippen LogP contribution in [-0.4, -0.2) is 17.9 Å². The van der Waals surface area contributed by atoms with Gasteiger partial charge in [0.1, 0.15) is 6.29 Å². The number of carbonyl (C=O) groups excluding carboxylic acids is 3. The molecule has 0 aromatic heterocycles. The molecule has 0 fully saturated rings. The molecule has 5 heteroatoms. The van der Waals surface area contributed by atoms with Crippen molar-refractivity contribution in [3.63, 3.8) is 0 Å². The largest absolute Gasteiger partial charge is 0.299 e. The van der Waals surface area contributed by atoms with Crippen molar-refractivity contribution in [3.8, 4) is 6.07 Å². The Labute approximate surface area is 891 Å². The Kier molecular flexibility index (Phi) is 47.1. The van der Waals surface area contributed by atoms with Crippen LogP contribution in [0.1, 0.15) is 438 Å². The van der Waals surface area contributed by atoms with E-state index < -0.39 is 0 Å². The maximum atomic E-state index is 11.4. The van der Waals surface area contributed by atoms with Crippen LogP contribution in [0.5, 0.6) is 0 Å². The minimum atomic E-state index is 0. The summed E-state index contributed by atoms with van der Waals surface area (Å²) in [5.41, 5.74) is 50.0. The predicted octanol–water partition coefficient (Wildman–Crippen LogP) is 41.8. The van der Waals surface area contributed by atoms with Crippen LogP contribution in [0, 0.1) is 11.3 Å². The predicted molar refractivity (Wildman–Crippen MR) is 649 cm³/mol. The van der Waals surface area contributed by atoms with Gasteiger partial charge in [0.2, 0.25) is 0 Å². The van der Waals surface area contributed by atoms with Gasteiger partial charge in [-0.25, -0.2) is 0 Å². The quantitative estimate of drug-likeness (QED) is 0.0256. The van der Waals surface area contributed by atoms with Crippen LogP contribution in [0.25, 0.3) is 66.9 Å². The van der Waals surface area contributed by atoms with Crippen LogP contribution in [0.3, 0.4) is 0 Å². The minimum absolute atomic E-state index is 0. The van der Waals surface area contributed by atoms with Crippen molar-refractivity contribution in [1.29, 1.82) is 5.26 Å². The van der Waals surface area contributed by atoms with Crippen molar-refractivity contribution < 1.29 is 14.4 Å². The molecule has 7 aliphatic rings. The molecule has 4 nitrogen and oxygen atoms in total. The summed E-state index contributed by atoms with van der Waals surface area (Å²) in [4.78, 5) is 32.3. The second-order valence-electron chi connectivity index (χ2n) is 45.5. The normalized spacial score (nSPS) is 17.4. The first-order valence-electron chi connectivity index (χ1n) is 52.1. The lowest BCUT2D eigenvalue weighted by molar-refractivity contribution is -0.112. The zero-order valence-corrected chi connectivity index (χ0v) is 97.4. The number of benzene rings is 7. The highest BCUT2D eigenvalue weighted by Crippen LogP contribution is 2.47. The number of halogens is 1. The third kappa shape index (κ3) is 35.6. The van der Waals surface area contributed by atoms with Gasteiger partial charge in [-0.3, -0.25) is 14.4 Å². The van der Waals surface area contributed by atoms with E-state index in [9.17, 15) is 14.4 Å². The van der Waals surface area contributed by atoms with E-state index >= 15 is 0 Å². The highest BCUT2D eigenvalue weighted by Gasteiger charge is 2.34. The zero-order chi connectivity index (χ0) is 108. The van der Waals surface area contributed by atoms with Crippen LogP contribution in [0.4, 0.5) is 0 Å². The summed E-state index contributed by atoms with van der Waals surface area (Å²) >= 11 is 3.53. The Balaban J connectivity index is 0.000000293. The molecule has 0 unspecified atom stereocenters. The topological polar surface area (TPSA) is 75.0 Å². The number of nitrogens with zero attached hydrogens (tertiary/aromatic N) is 1. The van der Waals surface area contributed by atoms with Gasteiger partial charge in [0.15, 0.2) is 11.6 Å². The molecule has 0 amide bonds. The molecule has 0 N–H and O–H groups in total. The zero-order valence-electron chi connectivity index (χ0n) is 95.8. The SMILES string of the molecule is C.C/C=C(C)/C=C/C=C(\C)c1ccc2c(c1)C(C)=CCC2(C)C.C/C=C(C)/C=C/C=C(\C)c1ccc2c(c1)C(C)=CCC2(C)C.C/C=C(C)/C=C/C=C(\C)c1ccc2c(c1)C(C)=CCC2(C)C.C=C(C)C.CC(=O)c1ccc2c(c1)C(C)=CCC2(C)C.CC/C(C)=C/C(C)=O.CC1=CCC(C)(C)c2ccc(/C(C)=C/C#N)cc21.CC1=CCC(C)(C)c2ccc(/C(C)=C/C=O)cc21.CC1=CCC(C)(C)c2ccc(Br)cc21. The number of ketones is 2. The molecule has 0 aliphatic heterocycles. The number of hydrogen-bond acceptors (Lipinski definition) is 4. The van der Waals surface area contributed by atoms with E-state index in [-0.39, 0.29) is 56.9 Å². The summed E-state index contributed by atoms with van der Waals surface area (Å²) in [6, 6.07) is 48.7. The summed E-state index contributed by atoms with van der Waals surface area (Å²) in [6.07, 6.45) is 56.7. The van der Waals surface area contributed by atoms with E-state index in [2.05, 4.69) is 467 Å². The van der Waals surface area contributed by atoms with Gasteiger partial charge in [-0.05, 0) is 482 Å². The average Bonchev–Trinajstić information content (AvgIpc) is 0.915. The molecule has 0 atom stereocenters. The number of hydrogen-bond donors (Lipinski definition) is 0. The van der Waals surface area contributed by atoms with Crippen molar-refractivity contribution in [3.05, 3.63) is 411 Å². The molecular formula is C140H180BrNO3. The number of aldehydes is 1. The fourth-order valence-electron chi connectivity index (χ4n) is 18.5. The maximum absolute atomic E-state index is 11.4. The van der Waals surface area contributed by atoms with Gasteiger partial charge in [-0.15, -0.1) is 6.58 Å². The molecule has 0 bridgehead atoms. The molecule has 0 saturated heterocycles. The van der Waals surface area contributed by atoms with E-state index in [4.69, 9.17) is 5.26 Å². The van der Waals surface area contributed by atoms with Crippen molar-refractivity contribution in [2.24, 2.45) is 0 Å². The van der Waals surface area contributed by atoms with Gasteiger partial charge in [-0.1, -0.05) is 349 Å². The van der Waals surface area contributed by atoms with Gasteiger partial charge in [-0.2, -0.15) is 5.26 Å². The van der Waals surface area contributed by atoms with Gasteiger partial charge >= 0.3 is 0 Å². The van der Waals surface area contributed by atoms with Gasteiger partial charge < -0.3 is 0 Å². The summed E-state index contributed by atoms with van der Waals surface area (Å²) in [5, 5.41) is 8.73. The highest BCUT2D eigenvalue weighted by molar-refractivity contribution is 9.10. The van der Waals surface area contributed by atoms with Gasteiger partial charge in [0, 0.05) is 16.1 Å². The lowest BCUT2D eigenvalue weighted by atomic mass is 9.73. The number of rotatable bonds is 15. The Bertz CT molecular complexity index is 6240. The van der Waals surface area contributed by atoms with Gasteiger partial charge in [0.05, 0.1) is 6.07 Å². The molecule has 14 rings (SSSR count). The number of carbonyl (C=O) groups is 3. The van der Waals surface area contributed by atoms with Crippen LogP contribution >= 0.6 is 15.9 Å². The molecule has 0 heterocycles. The second-order valence-corrected chi connectivity index (χ2v) is 46.4. The Morgan fingerprint density at radius 1 is 0.338 bits per heavy atom. The number of allylic oxidation sites excluding steroid dienone is 39. The smallest absolute Gasteiger partial charge is 0.159 e. The molecule has 145 heavy (non-hydrogen) atoms. The first kappa shape index (κ1) is 124. The first-order valence-corrected chi connectivity index (χ1v) is 52.9. The monoisotopic (exact) mass is 2000 g/mol. The Hall–Kier alpha value is -11.7. The summed E-state index contributed by atoms with van der Waals surface area (Å²) in [5.74, 6) is 0.281. The summed E-state index contributed by atoms with van der Waals surface area (Å²) < 4.78 is 1.17. The number of fused-ring (bicyclic) bond motifs is 7. The van der Waals surface area contributed by atoms with E-state index in [0.717, 1.165) is 91.1 Å². The molecule has 7 aromatic rings. The van der Waals surface area contributed by atoms with E-state index in [1.165, 1.54) is 177 Å². The Morgan fingerprint density at radius 3 is 0.745 bits per heavy atom. The summed E-state index contributed by atoms with van der Waals surface area (Å²) in [7, 11) is 0.